The first kappa shape index (κ1) is 17.1. The summed E-state index contributed by atoms with van der Waals surface area (Å²) < 4.78 is 5.06. The predicted molar refractivity (Wildman–Crippen MR) is 86.3 cm³/mol. The number of carbonyl (C=O) groups excluding carboxylic acids is 2. The van der Waals surface area contributed by atoms with Crippen molar-refractivity contribution in [1.82, 2.24) is 10.2 Å². The number of methoxy groups -OCH3 is 1. The summed E-state index contributed by atoms with van der Waals surface area (Å²) in [5, 5.41) is 12.4. The van der Waals surface area contributed by atoms with Crippen molar-refractivity contribution in [1.29, 1.82) is 0 Å². The second-order valence-electron chi connectivity index (χ2n) is 6.21. The number of carbonyl (C=O) groups is 2. The number of nitrogens with zero attached hydrogens (tertiary/aromatic N) is 1. The minimum Gasteiger partial charge on any atom is -0.504 e. The van der Waals surface area contributed by atoms with Crippen LogP contribution in [0.5, 0.6) is 11.5 Å². The molecule has 6 nitrogen and oxygen atoms in total. The molecular weight excluding hydrogens is 296 g/mol. The van der Waals surface area contributed by atoms with Gasteiger partial charge >= 0.3 is 0 Å². The molecule has 0 saturated carbocycles. The molecule has 1 atom stereocenters. The van der Waals surface area contributed by atoms with Crippen molar-refractivity contribution >= 4 is 11.8 Å². The molecule has 1 aliphatic heterocycles. The van der Waals surface area contributed by atoms with E-state index in [1.807, 2.05) is 13.8 Å². The number of amides is 2. The minimum atomic E-state index is -0.407. The number of aromatic hydroxyl groups is 1. The lowest BCUT2D eigenvalue weighted by Gasteiger charge is -2.36. The van der Waals surface area contributed by atoms with E-state index in [-0.39, 0.29) is 24.0 Å². The van der Waals surface area contributed by atoms with E-state index in [0.29, 0.717) is 31.2 Å². The van der Waals surface area contributed by atoms with Gasteiger partial charge in [0.15, 0.2) is 11.5 Å². The van der Waals surface area contributed by atoms with Crippen LogP contribution in [0.15, 0.2) is 18.2 Å². The van der Waals surface area contributed by atoms with Gasteiger partial charge in [-0.3, -0.25) is 9.59 Å². The maximum atomic E-state index is 12.6. The summed E-state index contributed by atoms with van der Waals surface area (Å²) in [6.45, 7) is 5.08. The SMILES string of the molecule is COc1cc(CC(=O)N2CCNC(=O)C2CC(C)C)ccc1O. The average Bonchev–Trinajstić information content (AvgIpc) is 2.50. The molecule has 1 aromatic rings. The van der Waals surface area contributed by atoms with Gasteiger partial charge in [0.25, 0.3) is 0 Å². The molecule has 0 spiro atoms. The van der Waals surface area contributed by atoms with E-state index in [9.17, 15) is 14.7 Å². The third-order valence-electron chi connectivity index (χ3n) is 3.95. The lowest BCUT2D eigenvalue weighted by Crippen LogP contribution is -2.57. The van der Waals surface area contributed by atoms with E-state index in [1.54, 1.807) is 17.0 Å². The van der Waals surface area contributed by atoms with E-state index in [1.165, 1.54) is 13.2 Å². The molecule has 1 aliphatic rings. The first-order valence-electron chi connectivity index (χ1n) is 7.85. The van der Waals surface area contributed by atoms with Gasteiger partial charge in [-0.25, -0.2) is 0 Å². The van der Waals surface area contributed by atoms with Crippen molar-refractivity contribution in [3.05, 3.63) is 23.8 Å². The molecule has 6 heteroatoms. The maximum absolute atomic E-state index is 12.6. The van der Waals surface area contributed by atoms with Gasteiger partial charge < -0.3 is 20.1 Å². The summed E-state index contributed by atoms with van der Waals surface area (Å²) in [5.74, 6) is 0.539. The summed E-state index contributed by atoms with van der Waals surface area (Å²) in [6, 6.07) is 4.44. The third-order valence-corrected chi connectivity index (χ3v) is 3.95. The van der Waals surface area contributed by atoms with Crippen molar-refractivity contribution in [3.8, 4) is 11.5 Å². The molecule has 0 aliphatic carbocycles. The highest BCUT2D eigenvalue weighted by Gasteiger charge is 2.33. The van der Waals surface area contributed by atoms with Gasteiger partial charge in [-0.05, 0) is 30.0 Å². The van der Waals surface area contributed by atoms with E-state index in [0.717, 1.165) is 5.56 Å². The van der Waals surface area contributed by atoms with Gasteiger partial charge in [0.2, 0.25) is 11.8 Å². The maximum Gasteiger partial charge on any atom is 0.242 e. The van der Waals surface area contributed by atoms with Crippen LogP contribution in [0.2, 0.25) is 0 Å². The Morgan fingerprint density at radius 3 is 2.87 bits per heavy atom. The summed E-state index contributed by atoms with van der Waals surface area (Å²) in [4.78, 5) is 26.4. The Labute approximate surface area is 136 Å². The second kappa shape index (κ2) is 7.35. The van der Waals surface area contributed by atoms with Gasteiger partial charge in [0, 0.05) is 13.1 Å². The topological polar surface area (TPSA) is 78.9 Å². The summed E-state index contributed by atoms with van der Waals surface area (Å²) in [6.07, 6.45) is 0.828. The molecule has 1 heterocycles. The molecule has 1 unspecified atom stereocenters. The van der Waals surface area contributed by atoms with Crippen molar-refractivity contribution in [2.24, 2.45) is 5.92 Å². The molecule has 2 N–H and O–H groups in total. The van der Waals surface area contributed by atoms with Crippen molar-refractivity contribution in [2.75, 3.05) is 20.2 Å². The normalized spacial score (nSPS) is 18.0. The highest BCUT2D eigenvalue weighted by Crippen LogP contribution is 2.27. The highest BCUT2D eigenvalue weighted by atomic mass is 16.5. The van der Waals surface area contributed by atoms with Crippen molar-refractivity contribution in [3.63, 3.8) is 0 Å². The fourth-order valence-electron chi connectivity index (χ4n) is 2.80. The Morgan fingerprint density at radius 1 is 1.48 bits per heavy atom. The number of phenols is 1. The van der Waals surface area contributed by atoms with Crippen LogP contribution < -0.4 is 10.1 Å². The number of rotatable bonds is 5. The Bertz CT molecular complexity index is 586. The van der Waals surface area contributed by atoms with Crippen LogP contribution in [-0.4, -0.2) is 48.1 Å². The average molecular weight is 320 g/mol. The monoisotopic (exact) mass is 320 g/mol. The fourth-order valence-corrected chi connectivity index (χ4v) is 2.80. The predicted octanol–water partition coefficient (Wildman–Crippen LogP) is 1.32. The first-order valence-corrected chi connectivity index (χ1v) is 7.85. The van der Waals surface area contributed by atoms with Gasteiger partial charge in [-0.2, -0.15) is 0 Å². The zero-order valence-electron chi connectivity index (χ0n) is 13.8. The van der Waals surface area contributed by atoms with Crippen LogP contribution in [-0.2, 0) is 16.0 Å². The third kappa shape index (κ3) is 4.15. The van der Waals surface area contributed by atoms with Crippen molar-refractivity contribution < 1.29 is 19.4 Å². The van der Waals surface area contributed by atoms with E-state index in [2.05, 4.69) is 5.32 Å². The van der Waals surface area contributed by atoms with E-state index in [4.69, 9.17) is 4.74 Å². The number of piperazine rings is 1. The molecule has 0 aromatic heterocycles. The Morgan fingerprint density at radius 2 is 2.22 bits per heavy atom. The molecule has 0 bridgehead atoms. The second-order valence-corrected chi connectivity index (χ2v) is 6.21. The standard InChI is InChI=1S/C17H24N2O4/c1-11(2)8-13-17(22)18-6-7-19(13)16(21)10-12-4-5-14(20)15(9-12)23-3/h4-5,9,11,13,20H,6-8,10H2,1-3H3,(H,18,22). The number of phenolic OH excluding ortho intramolecular Hbond substituents is 1. The molecular formula is C17H24N2O4. The summed E-state index contributed by atoms with van der Waals surface area (Å²) in [7, 11) is 1.47. The van der Waals surface area contributed by atoms with Crippen LogP contribution >= 0.6 is 0 Å². The Kier molecular flexibility index (Phi) is 5.47. The molecule has 1 aromatic carbocycles. The summed E-state index contributed by atoms with van der Waals surface area (Å²) >= 11 is 0. The van der Waals surface area contributed by atoms with Gasteiger partial charge in [0.1, 0.15) is 6.04 Å². The molecule has 23 heavy (non-hydrogen) atoms. The number of hydrogen-bond donors (Lipinski definition) is 2. The van der Waals surface area contributed by atoms with Crippen LogP contribution in [0.1, 0.15) is 25.8 Å². The minimum absolute atomic E-state index is 0.0405. The number of ether oxygens (including phenoxy) is 1. The van der Waals surface area contributed by atoms with Crippen LogP contribution in [0.3, 0.4) is 0 Å². The van der Waals surface area contributed by atoms with Gasteiger partial charge in [-0.15, -0.1) is 0 Å². The van der Waals surface area contributed by atoms with Crippen LogP contribution in [0.4, 0.5) is 0 Å². The fraction of sp³-hybridized carbons (Fsp3) is 0.529. The lowest BCUT2D eigenvalue weighted by molar-refractivity contribution is -0.143. The lowest BCUT2D eigenvalue weighted by atomic mass is 9.99. The zero-order chi connectivity index (χ0) is 17.0. The number of nitrogens with one attached hydrogen (secondary N) is 1. The number of benzene rings is 1. The van der Waals surface area contributed by atoms with E-state index < -0.39 is 6.04 Å². The Balaban J connectivity index is 2.12. The molecule has 2 rings (SSSR count). The van der Waals surface area contributed by atoms with E-state index >= 15 is 0 Å². The van der Waals surface area contributed by atoms with Crippen molar-refractivity contribution in [2.45, 2.75) is 32.7 Å². The summed E-state index contributed by atoms with van der Waals surface area (Å²) in [5.41, 5.74) is 0.749. The quantitative estimate of drug-likeness (QED) is 0.857. The molecule has 1 saturated heterocycles. The zero-order valence-corrected chi connectivity index (χ0v) is 13.8. The molecule has 1 fully saturated rings. The molecule has 0 radical (unpaired) electrons. The first-order chi connectivity index (χ1) is 10.9. The highest BCUT2D eigenvalue weighted by molar-refractivity contribution is 5.89. The molecule has 2 amide bonds. The molecule has 126 valence electrons. The van der Waals surface area contributed by atoms with Crippen LogP contribution in [0.25, 0.3) is 0 Å². The van der Waals surface area contributed by atoms with Gasteiger partial charge in [-0.1, -0.05) is 19.9 Å². The number of hydrogen-bond acceptors (Lipinski definition) is 4. The van der Waals surface area contributed by atoms with Gasteiger partial charge in [0.05, 0.1) is 13.5 Å². The Hall–Kier alpha value is -2.24. The van der Waals surface area contributed by atoms with Crippen LogP contribution in [0, 0.1) is 5.92 Å². The largest absolute Gasteiger partial charge is 0.504 e. The smallest absolute Gasteiger partial charge is 0.242 e.